The molecule has 1 atom stereocenters. The Morgan fingerprint density at radius 3 is 2.77 bits per heavy atom. The lowest BCUT2D eigenvalue weighted by Gasteiger charge is -2.13. The minimum absolute atomic E-state index is 0.106. The molecule has 112 valence electrons. The van der Waals surface area contributed by atoms with Crippen LogP contribution in [-0.2, 0) is 0 Å². The van der Waals surface area contributed by atoms with Crippen LogP contribution in [0.15, 0.2) is 54.9 Å². The van der Waals surface area contributed by atoms with Gasteiger partial charge in [-0.05, 0) is 29.7 Å². The molecular formula is C17H16N2O2S. The number of pyridine rings is 1. The first-order valence-electron chi connectivity index (χ1n) is 7.06. The van der Waals surface area contributed by atoms with Crippen LogP contribution in [0.2, 0.25) is 0 Å². The quantitative estimate of drug-likeness (QED) is 0.557. The summed E-state index contributed by atoms with van der Waals surface area (Å²) in [6.45, 7) is 0. The predicted octanol–water partition coefficient (Wildman–Crippen LogP) is 3.62. The van der Waals surface area contributed by atoms with Crippen molar-refractivity contribution in [2.24, 2.45) is 5.73 Å². The number of hydrogen-bond acceptors (Lipinski definition) is 5. The summed E-state index contributed by atoms with van der Waals surface area (Å²) < 4.78 is 6.68. The van der Waals surface area contributed by atoms with Gasteiger partial charge in [0.2, 0.25) is 0 Å². The second-order valence-corrected chi connectivity index (χ2v) is 6.03. The molecule has 5 heteroatoms. The molecule has 3 rings (SSSR count). The first-order valence-corrected chi connectivity index (χ1v) is 7.88. The number of benzene rings is 1. The van der Waals surface area contributed by atoms with E-state index in [1.807, 2.05) is 30.3 Å². The highest BCUT2D eigenvalue weighted by Crippen LogP contribution is 2.26. The van der Waals surface area contributed by atoms with Gasteiger partial charge in [0, 0.05) is 29.9 Å². The van der Waals surface area contributed by atoms with Gasteiger partial charge in [0.25, 0.3) is 0 Å². The van der Waals surface area contributed by atoms with Crippen molar-refractivity contribution in [3.8, 4) is 5.75 Å². The van der Waals surface area contributed by atoms with E-state index in [9.17, 15) is 4.79 Å². The fraction of sp³-hybridized carbons (Fsp3) is 0.176. The Balaban J connectivity index is 1.57. The Morgan fingerprint density at radius 1 is 1.23 bits per heavy atom. The van der Waals surface area contributed by atoms with Gasteiger partial charge in [-0.3, -0.25) is 15.5 Å². The van der Waals surface area contributed by atoms with Crippen molar-refractivity contribution in [3.05, 3.63) is 59.7 Å². The van der Waals surface area contributed by atoms with Crippen LogP contribution in [0.3, 0.4) is 0 Å². The van der Waals surface area contributed by atoms with E-state index in [2.05, 4.69) is 4.98 Å². The smallest absolute Gasteiger partial charge is 0.173 e. The van der Waals surface area contributed by atoms with Crippen molar-refractivity contribution >= 4 is 27.2 Å². The maximum absolute atomic E-state index is 12.3. The van der Waals surface area contributed by atoms with E-state index in [1.165, 1.54) is 11.3 Å². The average molecular weight is 312 g/mol. The largest absolute Gasteiger partial charge is 0.475 e. The fourth-order valence-electron chi connectivity index (χ4n) is 2.17. The highest BCUT2D eigenvalue weighted by Gasteiger charge is 2.13. The highest BCUT2D eigenvalue weighted by atomic mass is 32.1. The lowest BCUT2D eigenvalue weighted by atomic mass is 10.1. The van der Waals surface area contributed by atoms with Crippen LogP contribution in [0.25, 0.3) is 10.1 Å². The average Bonchev–Trinajstić information content (AvgIpc) is 2.98. The second kappa shape index (κ2) is 6.68. The van der Waals surface area contributed by atoms with E-state index in [0.29, 0.717) is 18.6 Å². The summed E-state index contributed by atoms with van der Waals surface area (Å²) in [6.07, 6.45) is 3.64. The molecule has 0 radical (unpaired) electrons. The summed E-state index contributed by atoms with van der Waals surface area (Å²) in [5, 5.41) is 1.10. The molecule has 0 spiro atoms. The maximum Gasteiger partial charge on any atom is 0.173 e. The SMILES string of the molecule is NC(CCC(=O)c1cc2ccccc2s1)Oc1ccncc1. The van der Waals surface area contributed by atoms with Crippen LogP contribution in [0.1, 0.15) is 22.5 Å². The van der Waals surface area contributed by atoms with Crippen molar-refractivity contribution in [1.82, 2.24) is 4.98 Å². The van der Waals surface area contributed by atoms with Crippen molar-refractivity contribution in [2.45, 2.75) is 19.1 Å². The van der Waals surface area contributed by atoms with Crippen LogP contribution >= 0.6 is 11.3 Å². The van der Waals surface area contributed by atoms with E-state index in [0.717, 1.165) is 15.0 Å². The Morgan fingerprint density at radius 2 is 2.00 bits per heavy atom. The summed E-state index contributed by atoms with van der Waals surface area (Å²) in [5.74, 6) is 0.770. The number of fused-ring (bicyclic) bond motifs is 1. The minimum Gasteiger partial charge on any atom is -0.475 e. The van der Waals surface area contributed by atoms with Gasteiger partial charge in [-0.15, -0.1) is 11.3 Å². The number of aromatic nitrogens is 1. The number of carbonyl (C=O) groups excluding carboxylic acids is 1. The Hall–Kier alpha value is -2.24. The van der Waals surface area contributed by atoms with Crippen molar-refractivity contribution in [2.75, 3.05) is 0 Å². The first kappa shape index (κ1) is 14.7. The minimum atomic E-state index is -0.499. The number of Topliss-reactive ketones (excluding diaryl/α,β-unsaturated/α-hetero) is 1. The number of nitrogens with zero attached hydrogens (tertiary/aromatic N) is 1. The van der Waals surface area contributed by atoms with Crippen molar-refractivity contribution in [3.63, 3.8) is 0 Å². The third-order valence-electron chi connectivity index (χ3n) is 3.29. The summed E-state index contributed by atoms with van der Waals surface area (Å²) >= 11 is 1.52. The number of ether oxygens (including phenoxy) is 1. The van der Waals surface area contributed by atoms with E-state index in [1.54, 1.807) is 24.5 Å². The maximum atomic E-state index is 12.3. The monoisotopic (exact) mass is 312 g/mol. The van der Waals surface area contributed by atoms with E-state index in [-0.39, 0.29) is 5.78 Å². The zero-order valence-electron chi connectivity index (χ0n) is 11.9. The molecule has 0 aliphatic rings. The molecular weight excluding hydrogens is 296 g/mol. The molecule has 2 heterocycles. The van der Waals surface area contributed by atoms with Gasteiger partial charge in [0.15, 0.2) is 5.78 Å². The Labute approximate surface area is 132 Å². The van der Waals surface area contributed by atoms with E-state index in [4.69, 9.17) is 10.5 Å². The number of hydrogen-bond donors (Lipinski definition) is 1. The van der Waals surface area contributed by atoms with Gasteiger partial charge in [0.1, 0.15) is 12.0 Å². The standard InChI is InChI=1S/C17H16N2O2S/c18-17(21-13-7-9-19-10-8-13)6-5-14(20)16-11-12-3-1-2-4-15(12)22-16/h1-4,7-11,17H,5-6,18H2. The summed E-state index contributed by atoms with van der Waals surface area (Å²) in [6, 6.07) is 13.4. The Bertz CT molecular complexity index is 737. The zero-order valence-corrected chi connectivity index (χ0v) is 12.8. The highest BCUT2D eigenvalue weighted by molar-refractivity contribution is 7.20. The number of ketones is 1. The third-order valence-corrected chi connectivity index (χ3v) is 4.45. The molecule has 2 N–H and O–H groups in total. The van der Waals surface area contributed by atoms with E-state index >= 15 is 0 Å². The third kappa shape index (κ3) is 3.50. The predicted molar refractivity (Wildman–Crippen MR) is 88.2 cm³/mol. The normalized spacial score (nSPS) is 12.2. The Kier molecular flexibility index (Phi) is 4.46. The van der Waals surface area contributed by atoms with Crippen LogP contribution < -0.4 is 10.5 Å². The van der Waals surface area contributed by atoms with Gasteiger partial charge < -0.3 is 4.74 Å². The molecule has 4 nitrogen and oxygen atoms in total. The molecule has 0 fully saturated rings. The molecule has 0 aliphatic carbocycles. The lowest BCUT2D eigenvalue weighted by molar-refractivity contribution is 0.0959. The zero-order chi connectivity index (χ0) is 15.4. The fourth-order valence-corrected chi connectivity index (χ4v) is 3.20. The summed E-state index contributed by atoms with van der Waals surface area (Å²) in [4.78, 5) is 16.9. The number of carbonyl (C=O) groups is 1. The van der Waals surface area contributed by atoms with Crippen molar-refractivity contribution < 1.29 is 9.53 Å². The molecule has 0 bridgehead atoms. The molecule has 0 amide bonds. The van der Waals surface area contributed by atoms with Gasteiger partial charge in [-0.2, -0.15) is 0 Å². The molecule has 2 aromatic heterocycles. The molecule has 0 saturated heterocycles. The topological polar surface area (TPSA) is 65.2 Å². The van der Waals surface area contributed by atoms with Gasteiger partial charge >= 0.3 is 0 Å². The molecule has 1 unspecified atom stereocenters. The second-order valence-electron chi connectivity index (χ2n) is 4.95. The molecule has 0 aliphatic heterocycles. The number of thiophene rings is 1. The molecule has 1 aromatic carbocycles. The van der Waals surface area contributed by atoms with Gasteiger partial charge in [-0.1, -0.05) is 18.2 Å². The van der Waals surface area contributed by atoms with Crippen LogP contribution in [0, 0.1) is 0 Å². The number of rotatable bonds is 6. The first-order chi connectivity index (χ1) is 10.7. The van der Waals surface area contributed by atoms with Gasteiger partial charge in [-0.25, -0.2) is 0 Å². The van der Waals surface area contributed by atoms with Crippen LogP contribution in [0.4, 0.5) is 0 Å². The summed E-state index contributed by atoms with van der Waals surface area (Å²) in [7, 11) is 0. The number of nitrogens with two attached hydrogens (primary N) is 1. The van der Waals surface area contributed by atoms with Crippen molar-refractivity contribution in [1.29, 1.82) is 0 Å². The molecule has 0 saturated carbocycles. The van der Waals surface area contributed by atoms with Crippen LogP contribution in [-0.4, -0.2) is 17.0 Å². The molecule has 3 aromatic rings. The lowest BCUT2D eigenvalue weighted by Crippen LogP contribution is -2.27. The van der Waals surface area contributed by atoms with E-state index < -0.39 is 6.23 Å². The summed E-state index contributed by atoms with van der Waals surface area (Å²) in [5.41, 5.74) is 5.92. The van der Waals surface area contributed by atoms with Crippen LogP contribution in [0.5, 0.6) is 5.75 Å². The van der Waals surface area contributed by atoms with Gasteiger partial charge in [0.05, 0.1) is 4.88 Å². The molecule has 22 heavy (non-hydrogen) atoms.